The molecule has 0 spiro atoms. The Bertz CT molecular complexity index is 365. The van der Waals surface area contributed by atoms with E-state index in [0.29, 0.717) is 0 Å². The third-order valence-electron chi connectivity index (χ3n) is 2.26. The van der Waals surface area contributed by atoms with E-state index in [4.69, 9.17) is 4.74 Å². The third kappa shape index (κ3) is 2.94. The Balaban J connectivity index is 3.10. The number of carbonyl (C=O) groups is 1. The van der Waals surface area contributed by atoms with Crippen LogP contribution in [0, 0.1) is 5.92 Å². The van der Waals surface area contributed by atoms with Crippen LogP contribution in [-0.2, 0) is 4.79 Å². The highest BCUT2D eigenvalue weighted by molar-refractivity contribution is 5.83. The van der Waals surface area contributed by atoms with E-state index in [1.165, 1.54) is 0 Å². The fraction of sp³-hybridized carbons (Fsp3) is 0.308. The van der Waals surface area contributed by atoms with Crippen LogP contribution in [0.15, 0.2) is 29.8 Å². The molecule has 80 valence electrons. The molecule has 0 radical (unpaired) electrons. The number of benzene rings is 1. The minimum atomic E-state index is 0.229. The summed E-state index contributed by atoms with van der Waals surface area (Å²) in [5.74, 6) is 1.02. The van der Waals surface area contributed by atoms with Crippen molar-refractivity contribution in [1.82, 2.24) is 0 Å². The van der Waals surface area contributed by atoms with Crippen LogP contribution in [0.3, 0.4) is 0 Å². The van der Waals surface area contributed by atoms with Crippen molar-refractivity contribution in [1.29, 1.82) is 0 Å². The molecule has 0 saturated heterocycles. The van der Waals surface area contributed by atoms with Gasteiger partial charge in [-0.05, 0) is 23.6 Å². The van der Waals surface area contributed by atoms with Crippen LogP contribution >= 0.6 is 0 Å². The quantitative estimate of drug-likeness (QED) is 0.556. The molecule has 0 aromatic heterocycles. The Hall–Kier alpha value is -1.57. The molecule has 15 heavy (non-hydrogen) atoms. The molecule has 0 fully saturated rings. The van der Waals surface area contributed by atoms with Crippen LogP contribution in [0.25, 0.3) is 6.08 Å². The highest BCUT2D eigenvalue weighted by Gasteiger charge is 2.04. The molecule has 0 aliphatic heterocycles. The smallest absolute Gasteiger partial charge is 0.146 e. The van der Waals surface area contributed by atoms with Gasteiger partial charge in [-0.3, -0.25) is 4.79 Å². The number of ether oxygens (including phenoxy) is 1. The van der Waals surface area contributed by atoms with Crippen LogP contribution in [0.1, 0.15) is 19.4 Å². The summed E-state index contributed by atoms with van der Waals surface area (Å²) in [5.41, 5.74) is 1.72. The Morgan fingerprint density at radius 1 is 1.33 bits per heavy atom. The van der Waals surface area contributed by atoms with Crippen LogP contribution < -0.4 is 4.74 Å². The van der Waals surface area contributed by atoms with Gasteiger partial charge in [-0.25, -0.2) is 0 Å². The fourth-order valence-electron chi connectivity index (χ4n) is 1.30. The second-order valence-electron chi connectivity index (χ2n) is 3.66. The number of rotatable bonds is 4. The molecule has 0 atom stereocenters. The minimum Gasteiger partial charge on any atom is -0.496 e. The number of hydrogen-bond donors (Lipinski definition) is 0. The Labute approximate surface area is 90.6 Å². The summed E-state index contributed by atoms with van der Waals surface area (Å²) in [5, 5.41) is 0. The average molecular weight is 204 g/mol. The van der Waals surface area contributed by atoms with Crippen molar-refractivity contribution in [2.75, 3.05) is 7.11 Å². The van der Waals surface area contributed by atoms with Crippen LogP contribution in [0.2, 0.25) is 0 Å². The summed E-state index contributed by atoms with van der Waals surface area (Å²) in [6, 6.07) is 7.66. The zero-order valence-corrected chi connectivity index (χ0v) is 9.36. The summed E-state index contributed by atoms with van der Waals surface area (Å²) in [6.45, 7) is 3.99. The number of allylic oxidation sites excluding steroid dienone is 1. The first-order valence-corrected chi connectivity index (χ1v) is 4.98. The van der Waals surface area contributed by atoms with Gasteiger partial charge in [0.25, 0.3) is 0 Å². The lowest BCUT2D eigenvalue weighted by Gasteiger charge is -2.07. The summed E-state index contributed by atoms with van der Waals surface area (Å²) in [4.78, 5) is 10.8. The van der Waals surface area contributed by atoms with Gasteiger partial charge in [0, 0.05) is 5.56 Å². The lowest BCUT2D eigenvalue weighted by molar-refractivity contribution is -0.105. The van der Waals surface area contributed by atoms with Crippen LogP contribution in [0.4, 0.5) is 0 Å². The summed E-state index contributed by atoms with van der Waals surface area (Å²) < 4.78 is 5.21. The first-order valence-electron chi connectivity index (χ1n) is 4.98. The van der Waals surface area contributed by atoms with E-state index in [-0.39, 0.29) is 5.92 Å². The SMILES string of the molecule is COc1ccccc1/C=C(\C=O)C(C)C. The van der Waals surface area contributed by atoms with Gasteiger partial charge in [-0.15, -0.1) is 0 Å². The van der Waals surface area contributed by atoms with E-state index in [1.54, 1.807) is 7.11 Å². The monoisotopic (exact) mass is 204 g/mol. The Kier molecular flexibility index (Phi) is 4.10. The normalized spacial score (nSPS) is 11.6. The number of hydrogen-bond acceptors (Lipinski definition) is 2. The Morgan fingerprint density at radius 2 is 2.00 bits per heavy atom. The molecule has 2 heteroatoms. The largest absolute Gasteiger partial charge is 0.496 e. The zero-order valence-electron chi connectivity index (χ0n) is 9.36. The van der Waals surface area contributed by atoms with Crippen molar-refractivity contribution in [3.8, 4) is 5.75 Å². The van der Waals surface area contributed by atoms with E-state index >= 15 is 0 Å². The zero-order chi connectivity index (χ0) is 11.3. The van der Waals surface area contributed by atoms with Crippen molar-refractivity contribution < 1.29 is 9.53 Å². The predicted octanol–water partition coefficient (Wildman–Crippen LogP) is 2.93. The maximum atomic E-state index is 10.8. The first kappa shape index (κ1) is 11.5. The summed E-state index contributed by atoms with van der Waals surface area (Å²) in [6.07, 6.45) is 2.77. The molecule has 0 N–H and O–H groups in total. The van der Waals surface area contributed by atoms with E-state index in [2.05, 4.69) is 0 Å². The molecule has 1 rings (SSSR count). The average Bonchev–Trinajstić information content (AvgIpc) is 2.25. The highest BCUT2D eigenvalue weighted by Crippen LogP contribution is 2.21. The molecule has 0 amide bonds. The number of para-hydroxylation sites is 1. The van der Waals surface area contributed by atoms with Crippen LogP contribution in [0.5, 0.6) is 5.75 Å². The van der Waals surface area contributed by atoms with Crippen molar-refractivity contribution in [3.05, 3.63) is 35.4 Å². The van der Waals surface area contributed by atoms with Gasteiger partial charge < -0.3 is 4.74 Å². The van der Waals surface area contributed by atoms with E-state index < -0.39 is 0 Å². The lowest BCUT2D eigenvalue weighted by Crippen LogP contribution is -1.95. The number of methoxy groups -OCH3 is 1. The molecule has 0 aliphatic rings. The van der Waals surface area contributed by atoms with E-state index in [0.717, 1.165) is 23.2 Å². The van der Waals surface area contributed by atoms with Gasteiger partial charge in [0.05, 0.1) is 7.11 Å². The molecule has 1 aromatic rings. The van der Waals surface area contributed by atoms with E-state index in [9.17, 15) is 4.79 Å². The molecule has 0 aliphatic carbocycles. The minimum absolute atomic E-state index is 0.229. The summed E-state index contributed by atoms with van der Waals surface area (Å²) >= 11 is 0. The standard InChI is InChI=1S/C13H16O2/c1-10(2)12(9-14)8-11-6-4-5-7-13(11)15-3/h4-10H,1-3H3/b12-8+. The highest BCUT2D eigenvalue weighted by atomic mass is 16.5. The van der Waals surface area contributed by atoms with Gasteiger partial charge in [0.15, 0.2) is 0 Å². The predicted molar refractivity (Wildman–Crippen MR) is 61.9 cm³/mol. The Morgan fingerprint density at radius 3 is 2.53 bits per heavy atom. The van der Waals surface area contributed by atoms with Gasteiger partial charge >= 0.3 is 0 Å². The van der Waals surface area contributed by atoms with Crippen molar-refractivity contribution in [2.45, 2.75) is 13.8 Å². The molecule has 2 nitrogen and oxygen atoms in total. The molecule has 0 bridgehead atoms. The van der Waals surface area contributed by atoms with Gasteiger partial charge in [0.1, 0.15) is 12.0 Å². The number of aldehydes is 1. The molecule has 0 heterocycles. The maximum Gasteiger partial charge on any atom is 0.146 e. The van der Waals surface area contributed by atoms with Crippen molar-refractivity contribution in [3.63, 3.8) is 0 Å². The van der Waals surface area contributed by atoms with Crippen molar-refractivity contribution in [2.24, 2.45) is 5.92 Å². The first-order chi connectivity index (χ1) is 7.19. The molecule has 0 saturated carbocycles. The molecule has 0 unspecified atom stereocenters. The van der Waals surface area contributed by atoms with Gasteiger partial charge in [0.2, 0.25) is 0 Å². The lowest BCUT2D eigenvalue weighted by atomic mass is 10.0. The van der Waals surface area contributed by atoms with Crippen LogP contribution in [-0.4, -0.2) is 13.4 Å². The second-order valence-corrected chi connectivity index (χ2v) is 3.66. The van der Waals surface area contributed by atoms with Crippen molar-refractivity contribution >= 4 is 12.4 Å². The maximum absolute atomic E-state index is 10.8. The van der Waals surface area contributed by atoms with Gasteiger partial charge in [-0.1, -0.05) is 32.0 Å². The topological polar surface area (TPSA) is 26.3 Å². The number of carbonyl (C=O) groups excluding carboxylic acids is 1. The molecular weight excluding hydrogens is 188 g/mol. The molecular formula is C13H16O2. The molecule has 1 aromatic carbocycles. The third-order valence-corrected chi connectivity index (χ3v) is 2.26. The second kappa shape index (κ2) is 5.35. The van der Waals surface area contributed by atoms with E-state index in [1.807, 2.05) is 44.2 Å². The van der Waals surface area contributed by atoms with Gasteiger partial charge in [-0.2, -0.15) is 0 Å². The summed E-state index contributed by atoms with van der Waals surface area (Å²) in [7, 11) is 1.63. The fourth-order valence-corrected chi connectivity index (χ4v) is 1.30.